The zero-order valence-electron chi connectivity index (χ0n) is 3.24. The molecular formula is C4H7Cl. The maximum absolute atomic E-state index is 5.54. The van der Waals surface area contributed by atoms with Crippen molar-refractivity contribution in [2.24, 2.45) is 5.92 Å². The van der Waals surface area contributed by atoms with E-state index in [2.05, 4.69) is 6.92 Å². The Hall–Kier alpha value is 0.290. The van der Waals surface area contributed by atoms with Gasteiger partial charge in [-0.1, -0.05) is 6.92 Å². The molecule has 0 radical (unpaired) electrons. The third kappa shape index (κ3) is 0.569. The predicted octanol–water partition coefficient (Wildman–Crippen LogP) is 1.63. The van der Waals surface area contributed by atoms with E-state index in [0.717, 1.165) is 5.92 Å². The first-order chi connectivity index (χ1) is 2.30. The molecule has 1 rings (SSSR count). The van der Waals surface area contributed by atoms with Crippen molar-refractivity contribution < 1.29 is 0 Å². The van der Waals surface area contributed by atoms with E-state index in [1.165, 1.54) is 6.42 Å². The fraction of sp³-hybridized carbons (Fsp3) is 1.00. The summed E-state index contributed by atoms with van der Waals surface area (Å²) in [7, 11) is 0. The Balaban J connectivity index is 2.20. The summed E-state index contributed by atoms with van der Waals surface area (Å²) < 4.78 is 0. The van der Waals surface area contributed by atoms with E-state index < -0.39 is 0 Å². The molecule has 1 saturated carbocycles. The summed E-state index contributed by atoms with van der Waals surface area (Å²) in [6.45, 7) is 2.16. The van der Waals surface area contributed by atoms with Crippen molar-refractivity contribution in [2.75, 3.05) is 0 Å². The highest BCUT2D eigenvalue weighted by molar-refractivity contribution is 6.22. The third-order valence-electron chi connectivity index (χ3n) is 1.01. The van der Waals surface area contributed by atoms with Crippen LogP contribution in [0.25, 0.3) is 0 Å². The molecule has 0 nitrogen and oxygen atoms in total. The molecule has 1 aliphatic carbocycles. The Bertz CT molecular complexity index is 36.9. The molecule has 0 aromatic heterocycles. The Labute approximate surface area is 37.1 Å². The van der Waals surface area contributed by atoms with Crippen molar-refractivity contribution in [3.8, 4) is 0 Å². The highest BCUT2D eigenvalue weighted by atomic mass is 35.5. The second kappa shape index (κ2) is 0.874. The molecule has 0 aromatic carbocycles. The maximum atomic E-state index is 5.54. The van der Waals surface area contributed by atoms with Crippen LogP contribution < -0.4 is 0 Å². The molecular weight excluding hydrogens is 83.5 g/mol. The zero-order valence-corrected chi connectivity index (χ0v) is 4.00. The van der Waals surface area contributed by atoms with E-state index in [4.69, 9.17) is 11.6 Å². The number of hydrogen-bond donors (Lipinski definition) is 0. The van der Waals surface area contributed by atoms with Crippen LogP contribution in [0.3, 0.4) is 0 Å². The summed E-state index contributed by atoms with van der Waals surface area (Å²) in [6.07, 6.45) is 1.24. The van der Waals surface area contributed by atoms with Gasteiger partial charge in [0.15, 0.2) is 0 Å². The third-order valence-corrected chi connectivity index (χ3v) is 1.62. The standard InChI is InChI=1S/C4H7Cl/c1-3-2-4(3)5/h3-4H,2H2,1H3/t3-,4?/m0/s1. The topological polar surface area (TPSA) is 0 Å². The average molecular weight is 90.6 g/mol. The normalized spacial score (nSPS) is 49.2. The molecule has 0 saturated heterocycles. The first-order valence-electron chi connectivity index (χ1n) is 1.95. The number of alkyl halides is 1. The van der Waals surface area contributed by atoms with Crippen LogP contribution in [0, 0.1) is 5.92 Å². The van der Waals surface area contributed by atoms with Gasteiger partial charge >= 0.3 is 0 Å². The van der Waals surface area contributed by atoms with Gasteiger partial charge in [0, 0.05) is 5.38 Å². The van der Waals surface area contributed by atoms with Gasteiger partial charge in [-0.2, -0.15) is 0 Å². The van der Waals surface area contributed by atoms with Gasteiger partial charge in [0.25, 0.3) is 0 Å². The van der Waals surface area contributed by atoms with Crippen LogP contribution in [0.1, 0.15) is 13.3 Å². The SMILES string of the molecule is C[C@H]1CC1Cl. The lowest BCUT2D eigenvalue weighted by atomic mass is 10.5. The van der Waals surface area contributed by atoms with Crippen LogP contribution >= 0.6 is 11.6 Å². The van der Waals surface area contributed by atoms with E-state index in [-0.39, 0.29) is 0 Å². The molecule has 0 aromatic rings. The van der Waals surface area contributed by atoms with Crippen molar-refractivity contribution >= 4 is 11.6 Å². The van der Waals surface area contributed by atoms with Gasteiger partial charge in [0.05, 0.1) is 0 Å². The molecule has 0 aliphatic heterocycles. The van der Waals surface area contributed by atoms with Crippen molar-refractivity contribution in [3.05, 3.63) is 0 Å². The van der Waals surface area contributed by atoms with Crippen molar-refractivity contribution in [3.63, 3.8) is 0 Å². The largest absolute Gasteiger partial charge is 0.123 e. The molecule has 0 spiro atoms. The van der Waals surface area contributed by atoms with E-state index >= 15 is 0 Å². The second-order valence-corrected chi connectivity index (χ2v) is 2.29. The minimum Gasteiger partial charge on any atom is -0.123 e. The maximum Gasteiger partial charge on any atom is 0.0365 e. The van der Waals surface area contributed by atoms with Crippen LogP contribution in [0.4, 0.5) is 0 Å². The molecule has 1 aliphatic rings. The number of hydrogen-bond acceptors (Lipinski definition) is 0. The first kappa shape index (κ1) is 3.48. The molecule has 5 heavy (non-hydrogen) atoms. The summed E-state index contributed by atoms with van der Waals surface area (Å²) in [6, 6.07) is 0. The summed E-state index contributed by atoms with van der Waals surface area (Å²) in [4.78, 5) is 0. The van der Waals surface area contributed by atoms with Gasteiger partial charge in [0.2, 0.25) is 0 Å². The quantitative estimate of drug-likeness (QED) is 0.397. The first-order valence-corrected chi connectivity index (χ1v) is 2.38. The minimum absolute atomic E-state index is 0.523. The number of halogens is 1. The average Bonchev–Trinajstić information content (AvgIpc) is 1.79. The summed E-state index contributed by atoms with van der Waals surface area (Å²) in [5.41, 5.74) is 0. The Kier molecular flexibility index (Phi) is 0.608. The fourth-order valence-electron chi connectivity index (χ4n) is 0.277. The van der Waals surface area contributed by atoms with Gasteiger partial charge in [0.1, 0.15) is 0 Å². The van der Waals surface area contributed by atoms with Gasteiger partial charge in [-0.25, -0.2) is 0 Å². The zero-order chi connectivity index (χ0) is 3.86. The molecule has 1 unspecified atom stereocenters. The van der Waals surface area contributed by atoms with E-state index in [1.807, 2.05) is 0 Å². The van der Waals surface area contributed by atoms with Crippen LogP contribution in [-0.2, 0) is 0 Å². The summed E-state index contributed by atoms with van der Waals surface area (Å²) in [5.74, 6) is 0.816. The van der Waals surface area contributed by atoms with E-state index in [1.54, 1.807) is 0 Å². The highest BCUT2D eigenvalue weighted by Crippen LogP contribution is 2.34. The lowest BCUT2D eigenvalue weighted by molar-refractivity contribution is 0.985. The Morgan fingerprint density at radius 2 is 2.00 bits per heavy atom. The number of rotatable bonds is 0. The van der Waals surface area contributed by atoms with Crippen molar-refractivity contribution in [1.82, 2.24) is 0 Å². The predicted molar refractivity (Wildman–Crippen MR) is 23.4 cm³/mol. The van der Waals surface area contributed by atoms with Gasteiger partial charge in [-0.3, -0.25) is 0 Å². The van der Waals surface area contributed by atoms with Gasteiger partial charge in [-0.05, 0) is 12.3 Å². The minimum atomic E-state index is 0.523. The molecule has 0 amide bonds. The smallest absolute Gasteiger partial charge is 0.0365 e. The highest BCUT2D eigenvalue weighted by Gasteiger charge is 2.29. The fourth-order valence-corrected chi connectivity index (χ4v) is 0.558. The van der Waals surface area contributed by atoms with E-state index in [9.17, 15) is 0 Å². The van der Waals surface area contributed by atoms with Crippen LogP contribution in [-0.4, -0.2) is 5.38 Å². The second-order valence-electron chi connectivity index (χ2n) is 1.73. The molecule has 30 valence electrons. The summed E-state index contributed by atoms with van der Waals surface area (Å²) in [5, 5.41) is 0.523. The monoisotopic (exact) mass is 90.0 g/mol. The van der Waals surface area contributed by atoms with Crippen LogP contribution in [0.5, 0.6) is 0 Å². The van der Waals surface area contributed by atoms with E-state index in [0.29, 0.717) is 5.38 Å². The molecule has 0 N–H and O–H groups in total. The Morgan fingerprint density at radius 1 is 1.80 bits per heavy atom. The van der Waals surface area contributed by atoms with Crippen LogP contribution in [0.2, 0.25) is 0 Å². The Morgan fingerprint density at radius 3 is 2.00 bits per heavy atom. The lowest BCUT2D eigenvalue weighted by Crippen LogP contribution is -1.61. The molecule has 0 heterocycles. The van der Waals surface area contributed by atoms with Crippen LogP contribution in [0.15, 0.2) is 0 Å². The molecule has 0 bridgehead atoms. The molecule has 2 atom stereocenters. The summed E-state index contributed by atoms with van der Waals surface area (Å²) >= 11 is 5.54. The van der Waals surface area contributed by atoms with Crippen molar-refractivity contribution in [2.45, 2.75) is 18.7 Å². The molecule has 1 heteroatoms. The van der Waals surface area contributed by atoms with Gasteiger partial charge < -0.3 is 0 Å². The lowest BCUT2D eigenvalue weighted by Gasteiger charge is -1.64. The van der Waals surface area contributed by atoms with Gasteiger partial charge in [-0.15, -0.1) is 11.6 Å². The van der Waals surface area contributed by atoms with Crippen molar-refractivity contribution in [1.29, 1.82) is 0 Å². The molecule has 1 fully saturated rings.